The lowest BCUT2D eigenvalue weighted by Crippen LogP contribution is -2.56. The van der Waals surface area contributed by atoms with Crippen molar-refractivity contribution >= 4 is 16.8 Å². The minimum absolute atomic E-state index is 0.0351. The van der Waals surface area contributed by atoms with Crippen molar-refractivity contribution in [2.45, 2.75) is 20.0 Å². The van der Waals surface area contributed by atoms with E-state index in [0.717, 1.165) is 27.8 Å². The number of rotatable bonds is 3. The van der Waals surface area contributed by atoms with Crippen molar-refractivity contribution in [2.75, 3.05) is 13.1 Å². The van der Waals surface area contributed by atoms with Gasteiger partial charge in [0.15, 0.2) is 0 Å². The zero-order valence-electron chi connectivity index (χ0n) is 14.4. The van der Waals surface area contributed by atoms with E-state index in [1.54, 1.807) is 11.0 Å². The van der Waals surface area contributed by atoms with Crippen LogP contribution in [-0.4, -0.2) is 35.0 Å². The van der Waals surface area contributed by atoms with E-state index in [9.17, 15) is 4.79 Å². The lowest BCUT2D eigenvalue weighted by Gasteiger charge is -2.39. The van der Waals surface area contributed by atoms with Crippen LogP contribution in [-0.2, 0) is 0 Å². The minimum atomic E-state index is -0.0351. The van der Waals surface area contributed by atoms with E-state index < -0.39 is 0 Å². The van der Waals surface area contributed by atoms with Gasteiger partial charge in [-0.1, -0.05) is 42.5 Å². The molecule has 0 bridgehead atoms. The van der Waals surface area contributed by atoms with E-state index in [-0.39, 0.29) is 12.0 Å². The molecule has 1 saturated heterocycles. The number of pyridine rings is 1. The van der Waals surface area contributed by atoms with Crippen LogP contribution in [0.15, 0.2) is 54.6 Å². The molecule has 4 heteroatoms. The van der Waals surface area contributed by atoms with Gasteiger partial charge in [0.05, 0.1) is 18.6 Å². The Balaban J connectivity index is 1.43. The molecule has 4 rings (SSSR count). The quantitative estimate of drug-likeness (QED) is 0.733. The average molecular weight is 332 g/mol. The van der Waals surface area contributed by atoms with Gasteiger partial charge in [-0.3, -0.25) is 4.79 Å². The Hall–Kier alpha value is -2.88. The molecule has 2 heterocycles. The number of ether oxygens (including phenoxy) is 1. The number of benzene rings is 2. The summed E-state index contributed by atoms with van der Waals surface area (Å²) in [6.07, 6.45) is 0.0456. The summed E-state index contributed by atoms with van der Waals surface area (Å²) in [6, 6.07) is 17.7. The highest BCUT2D eigenvalue weighted by Crippen LogP contribution is 2.26. The van der Waals surface area contributed by atoms with Crippen molar-refractivity contribution in [3.8, 4) is 5.75 Å². The Labute approximate surface area is 147 Å². The number of aryl methyl sites for hydroxylation is 2. The number of likely N-dealkylation sites (tertiary alicyclic amines) is 1. The monoisotopic (exact) mass is 332 g/mol. The highest BCUT2D eigenvalue weighted by molar-refractivity contribution is 5.95. The number of hydrogen-bond donors (Lipinski definition) is 0. The number of aromatic nitrogens is 1. The lowest BCUT2D eigenvalue weighted by atomic mass is 10.1. The maximum absolute atomic E-state index is 12.6. The summed E-state index contributed by atoms with van der Waals surface area (Å²) in [5.41, 5.74) is 3.59. The molecule has 3 aromatic rings. The van der Waals surface area contributed by atoms with E-state index in [1.807, 2.05) is 62.4 Å². The van der Waals surface area contributed by atoms with Crippen molar-refractivity contribution in [2.24, 2.45) is 0 Å². The maximum Gasteiger partial charge on any atom is 0.272 e. The molecule has 0 atom stereocenters. The molecule has 1 fully saturated rings. The zero-order valence-corrected chi connectivity index (χ0v) is 14.4. The van der Waals surface area contributed by atoms with Gasteiger partial charge in [0.1, 0.15) is 17.5 Å². The van der Waals surface area contributed by atoms with Crippen LogP contribution in [0.4, 0.5) is 0 Å². The molecular weight excluding hydrogens is 312 g/mol. The number of amides is 1. The molecule has 1 aromatic heterocycles. The second-order valence-electron chi connectivity index (χ2n) is 6.56. The van der Waals surface area contributed by atoms with E-state index >= 15 is 0 Å². The van der Waals surface area contributed by atoms with Gasteiger partial charge >= 0.3 is 0 Å². The van der Waals surface area contributed by atoms with Gasteiger partial charge in [-0.05, 0) is 37.1 Å². The normalized spacial score (nSPS) is 14.4. The SMILES string of the molecule is Cc1cccc(C)c1OC1CN(C(=O)c2ccc3ccccc3n2)C1. The van der Waals surface area contributed by atoms with Crippen LogP contribution < -0.4 is 4.74 Å². The first-order chi connectivity index (χ1) is 12.1. The fraction of sp³-hybridized carbons (Fsp3) is 0.238. The highest BCUT2D eigenvalue weighted by atomic mass is 16.5. The van der Waals surface area contributed by atoms with Crippen molar-refractivity contribution < 1.29 is 9.53 Å². The van der Waals surface area contributed by atoms with Gasteiger partial charge in [-0.25, -0.2) is 4.98 Å². The first kappa shape index (κ1) is 15.6. The molecule has 0 spiro atoms. The molecular formula is C21H20N2O2. The highest BCUT2D eigenvalue weighted by Gasteiger charge is 2.33. The van der Waals surface area contributed by atoms with Gasteiger partial charge in [0, 0.05) is 5.39 Å². The van der Waals surface area contributed by atoms with Gasteiger partial charge in [-0.2, -0.15) is 0 Å². The second kappa shape index (κ2) is 6.20. The molecule has 0 radical (unpaired) electrons. The van der Waals surface area contributed by atoms with Gasteiger partial charge in [0.25, 0.3) is 5.91 Å². The van der Waals surface area contributed by atoms with Crippen molar-refractivity contribution in [3.63, 3.8) is 0 Å². The van der Waals surface area contributed by atoms with Crippen molar-refractivity contribution in [3.05, 3.63) is 71.4 Å². The Morgan fingerprint density at radius 2 is 1.72 bits per heavy atom. The number of nitrogens with zero attached hydrogens (tertiary/aromatic N) is 2. The summed E-state index contributed by atoms with van der Waals surface area (Å²) >= 11 is 0. The second-order valence-corrected chi connectivity index (χ2v) is 6.56. The predicted octanol–water partition coefficient (Wildman–Crippen LogP) is 3.76. The Bertz CT molecular complexity index is 925. The summed E-state index contributed by atoms with van der Waals surface area (Å²) in [5.74, 6) is 0.899. The molecule has 1 aliphatic heterocycles. The van der Waals surface area contributed by atoms with Crippen LogP contribution in [0.3, 0.4) is 0 Å². The third-order valence-electron chi connectivity index (χ3n) is 4.65. The van der Waals surface area contributed by atoms with E-state index in [4.69, 9.17) is 4.74 Å². The third kappa shape index (κ3) is 2.95. The van der Waals surface area contributed by atoms with Gasteiger partial charge in [0.2, 0.25) is 0 Å². The molecule has 4 nitrogen and oxygen atoms in total. The number of para-hydroxylation sites is 2. The summed E-state index contributed by atoms with van der Waals surface area (Å²) in [4.78, 5) is 18.9. The smallest absolute Gasteiger partial charge is 0.272 e. The molecule has 0 aliphatic carbocycles. The Kier molecular flexibility index (Phi) is 3.88. The van der Waals surface area contributed by atoms with Crippen LogP contribution >= 0.6 is 0 Å². The molecule has 2 aromatic carbocycles. The number of carbonyl (C=O) groups excluding carboxylic acids is 1. The van der Waals surface area contributed by atoms with Crippen LogP contribution in [0.2, 0.25) is 0 Å². The predicted molar refractivity (Wildman–Crippen MR) is 98.0 cm³/mol. The van der Waals surface area contributed by atoms with Crippen molar-refractivity contribution in [1.29, 1.82) is 0 Å². The number of hydrogen-bond acceptors (Lipinski definition) is 3. The lowest BCUT2D eigenvalue weighted by molar-refractivity contribution is 0.0169. The largest absolute Gasteiger partial charge is 0.486 e. The molecule has 0 unspecified atom stereocenters. The van der Waals surface area contributed by atoms with Crippen LogP contribution in [0, 0.1) is 13.8 Å². The standard InChI is InChI=1S/C21H20N2O2/c1-14-6-5-7-15(2)20(14)25-17-12-23(13-17)21(24)19-11-10-16-8-3-4-9-18(16)22-19/h3-11,17H,12-13H2,1-2H3. The summed E-state index contributed by atoms with van der Waals surface area (Å²) in [6.45, 7) is 5.29. The van der Waals surface area contributed by atoms with Gasteiger partial charge < -0.3 is 9.64 Å². The van der Waals surface area contributed by atoms with Crippen LogP contribution in [0.25, 0.3) is 10.9 Å². The molecule has 126 valence electrons. The molecule has 0 N–H and O–H groups in total. The summed E-state index contributed by atoms with van der Waals surface area (Å²) in [7, 11) is 0. The van der Waals surface area contributed by atoms with E-state index in [0.29, 0.717) is 18.8 Å². The van der Waals surface area contributed by atoms with Crippen LogP contribution in [0.1, 0.15) is 21.6 Å². The molecule has 0 saturated carbocycles. The van der Waals surface area contributed by atoms with E-state index in [1.165, 1.54) is 0 Å². The van der Waals surface area contributed by atoms with Crippen molar-refractivity contribution in [1.82, 2.24) is 9.88 Å². The first-order valence-corrected chi connectivity index (χ1v) is 8.50. The van der Waals surface area contributed by atoms with Crippen LogP contribution in [0.5, 0.6) is 5.75 Å². The average Bonchev–Trinajstić information content (AvgIpc) is 2.59. The number of fused-ring (bicyclic) bond motifs is 1. The Morgan fingerprint density at radius 1 is 1.00 bits per heavy atom. The van der Waals surface area contributed by atoms with Gasteiger partial charge in [-0.15, -0.1) is 0 Å². The summed E-state index contributed by atoms with van der Waals surface area (Å²) in [5, 5.41) is 1.04. The van der Waals surface area contributed by atoms with E-state index in [2.05, 4.69) is 4.98 Å². The number of carbonyl (C=O) groups is 1. The fourth-order valence-corrected chi connectivity index (χ4v) is 3.18. The molecule has 1 amide bonds. The zero-order chi connectivity index (χ0) is 17.4. The molecule has 25 heavy (non-hydrogen) atoms. The topological polar surface area (TPSA) is 42.4 Å². The third-order valence-corrected chi connectivity index (χ3v) is 4.65. The Morgan fingerprint density at radius 3 is 2.48 bits per heavy atom. The summed E-state index contributed by atoms with van der Waals surface area (Å²) < 4.78 is 6.08. The maximum atomic E-state index is 12.6. The first-order valence-electron chi connectivity index (χ1n) is 8.50. The minimum Gasteiger partial charge on any atom is -0.486 e. The fourth-order valence-electron chi connectivity index (χ4n) is 3.18. The molecule has 1 aliphatic rings.